The van der Waals surface area contributed by atoms with Gasteiger partial charge in [-0.05, 0) is 80.9 Å². The molecule has 188 valence electrons. The van der Waals surface area contributed by atoms with E-state index < -0.39 is 0 Å². The lowest BCUT2D eigenvalue weighted by molar-refractivity contribution is -0.188. The third-order valence-corrected chi connectivity index (χ3v) is 8.04. The van der Waals surface area contributed by atoms with Crippen molar-refractivity contribution >= 4 is 5.91 Å². The van der Waals surface area contributed by atoms with E-state index in [1.165, 1.54) is 24.8 Å². The first kappa shape index (κ1) is 23.9. The zero-order valence-electron chi connectivity index (χ0n) is 20.8. The van der Waals surface area contributed by atoms with Gasteiger partial charge in [0.25, 0.3) is 5.91 Å². The minimum Gasteiger partial charge on any atom is -0.454 e. The Labute approximate surface area is 203 Å². The van der Waals surface area contributed by atoms with Crippen LogP contribution in [0.15, 0.2) is 18.2 Å². The van der Waals surface area contributed by atoms with Crippen molar-refractivity contribution < 1.29 is 23.8 Å². The zero-order chi connectivity index (χ0) is 23.5. The third-order valence-electron chi connectivity index (χ3n) is 8.04. The largest absolute Gasteiger partial charge is 0.454 e. The van der Waals surface area contributed by atoms with Gasteiger partial charge in [0.15, 0.2) is 11.5 Å². The Morgan fingerprint density at radius 2 is 2.06 bits per heavy atom. The predicted molar refractivity (Wildman–Crippen MR) is 129 cm³/mol. The fourth-order valence-corrected chi connectivity index (χ4v) is 6.21. The van der Waals surface area contributed by atoms with Gasteiger partial charge >= 0.3 is 0 Å². The number of rotatable bonds is 10. The van der Waals surface area contributed by atoms with Crippen LogP contribution >= 0.6 is 0 Å². The predicted octanol–water partition coefficient (Wildman–Crippen LogP) is 4.50. The number of hydrogen-bond acceptors (Lipinski definition) is 6. The van der Waals surface area contributed by atoms with Gasteiger partial charge in [0, 0.05) is 25.2 Å². The Kier molecular flexibility index (Phi) is 7.32. The Hall–Kier alpha value is -1.83. The van der Waals surface area contributed by atoms with Crippen LogP contribution in [0.1, 0.15) is 76.7 Å². The smallest absolute Gasteiger partial charge is 0.260 e. The van der Waals surface area contributed by atoms with Crippen molar-refractivity contribution in [2.75, 3.05) is 39.6 Å². The van der Waals surface area contributed by atoms with E-state index in [-0.39, 0.29) is 11.4 Å². The number of benzene rings is 1. The lowest BCUT2D eigenvalue weighted by atomic mass is 9.93. The SMILES string of the molecule is CCCON(CCC)C(=O)CN1CC(c2ccc3c(c2)OCO3)C[C@@]12CC2CC1CCCCO1. The second-order valence-electron chi connectivity index (χ2n) is 10.5. The summed E-state index contributed by atoms with van der Waals surface area (Å²) in [7, 11) is 0. The lowest BCUT2D eigenvalue weighted by Gasteiger charge is -2.29. The first-order valence-electron chi connectivity index (χ1n) is 13.3. The molecule has 5 rings (SSSR count). The highest BCUT2D eigenvalue weighted by molar-refractivity contribution is 5.77. The number of carbonyl (C=O) groups is 1. The van der Waals surface area contributed by atoms with Gasteiger partial charge < -0.3 is 14.2 Å². The third kappa shape index (κ3) is 4.93. The number of hydrogen-bond donors (Lipinski definition) is 0. The van der Waals surface area contributed by atoms with E-state index in [0.717, 1.165) is 56.8 Å². The average molecular weight is 473 g/mol. The molecule has 0 radical (unpaired) electrons. The van der Waals surface area contributed by atoms with E-state index >= 15 is 0 Å². The number of likely N-dealkylation sites (tertiary alicyclic amines) is 1. The van der Waals surface area contributed by atoms with Gasteiger partial charge in [0.1, 0.15) is 0 Å². The maximum absolute atomic E-state index is 13.3. The lowest BCUT2D eigenvalue weighted by Crippen LogP contribution is -2.44. The highest BCUT2D eigenvalue weighted by Gasteiger charge is 2.62. The van der Waals surface area contributed by atoms with Crippen LogP contribution in [0.25, 0.3) is 0 Å². The molecule has 3 fully saturated rings. The molecule has 1 aromatic rings. The summed E-state index contributed by atoms with van der Waals surface area (Å²) < 4.78 is 17.2. The molecule has 0 aromatic heterocycles. The van der Waals surface area contributed by atoms with Gasteiger partial charge in [-0.2, -0.15) is 0 Å². The molecule has 3 aliphatic heterocycles. The summed E-state index contributed by atoms with van der Waals surface area (Å²) in [6.45, 7) is 7.89. The molecule has 1 aromatic carbocycles. The van der Waals surface area contributed by atoms with E-state index in [1.807, 2.05) is 6.07 Å². The number of fused-ring (bicyclic) bond motifs is 1. The first-order valence-corrected chi connectivity index (χ1v) is 13.3. The molecule has 4 aliphatic rings. The van der Waals surface area contributed by atoms with Crippen LogP contribution in [0.2, 0.25) is 0 Å². The Morgan fingerprint density at radius 1 is 1.18 bits per heavy atom. The van der Waals surface area contributed by atoms with Crippen molar-refractivity contribution in [2.24, 2.45) is 5.92 Å². The number of amides is 1. The van der Waals surface area contributed by atoms with Crippen LogP contribution in [0, 0.1) is 5.92 Å². The Morgan fingerprint density at radius 3 is 2.85 bits per heavy atom. The van der Waals surface area contributed by atoms with Crippen molar-refractivity contribution in [3.63, 3.8) is 0 Å². The van der Waals surface area contributed by atoms with Crippen LogP contribution in [0.3, 0.4) is 0 Å². The topological polar surface area (TPSA) is 60.5 Å². The van der Waals surface area contributed by atoms with Crippen molar-refractivity contribution in [1.29, 1.82) is 0 Å². The second kappa shape index (κ2) is 10.4. The Balaban J connectivity index is 1.31. The van der Waals surface area contributed by atoms with Crippen molar-refractivity contribution in [3.8, 4) is 11.5 Å². The number of nitrogens with zero attached hydrogens (tertiary/aromatic N) is 2. The summed E-state index contributed by atoms with van der Waals surface area (Å²) >= 11 is 0. The number of carbonyl (C=O) groups excluding carboxylic acids is 1. The van der Waals surface area contributed by atoms with Crippen LogP contribution in [0.5, 0.6) is 11.5 Å². The van der Waals surface area contributed by atoms with Crippen LogP contribution in [-0.4, -0.2) is 67.2 Å². The zero-order valence-corrected chi connectivity index (χ0v) is 20.8. The summed E-state index contributed by atoms with van der Waals surface area (Å²) in [6, 6.07) is 6.34. The molecule has 0 bridgehead atoms. The van der Waals surface area contributed by atoms with Gasteiger partial charge in [-0.3, -0.25) is 14.5 Å². The summed E-state index contributed by atoms with van der Waals surface area (Å²) in [5, 5.41) is 1.60. The highest BCUT2D eigenvalue weighted by atomic mass is 16.7. The molecule has 2 saturated heterocycles. The van der Waals surface area contributed by atoms with Gasteiger partial charge in [0.2, 0.25) is 6.79 Å². The molecule has 1 saturated carbocycles. The average Bonchev–Trinajstić information content (AvgIpc) is 3.17. The molecule has 1 spiro atoms. The fraction of sp³-hybridized carbons (Fsp3) is 0.741. The van der Waals surface area contributed by atoms with Gasteiger partial charge in [-0.15, -0.1) is 0 Å². The molecule has 1 aliphatic carbocycles. The van der Waals surface area contributed by atoms with Crippen molar-refractivity contribution in [2.45, 2.75) is 82.8 Å². The minimum absolute atomic E-state index is 0.0839. The monoisotopic (exact) mass is 472 g/mol. The molecule has 0 N–H and O–H groups in total. The molecule has 1 amide bonds. The molecule has 3 unspecified atom stereocenters. The van der Waals surface area contributed by atoms with E-state index in [0.29, 0.717) is 44.4 Å². The van der Waals surface area contributed by atoms with E-state index in [1.54, 1.807) is 5.06 Å². The normalized spacial score (nSPS) is 30.1. The molecule has 7 nitrogen and oxygen atoms in total. The first-order chi connectivity index (χ1) is 16.6. The van der Waals surface area contributed by atoms with Gasteiger partial charge in [-0.1, -0.05) is 19.9 Å². The number of hydroxylamine groups is 2. The second-order valence-corrected chi connectivity index (χ2v) is 10.5. The summed E-state index contributed by atoms with van der Waals surface area (Å²) in [5.41, 5.74) is 1.38. The van der Waals surface area contributed by atoms with Crippen LogP contribution < -0.4 is 9.47 Å². The molecule has 3 heterocycles. The summed E-state index contributed by atoms with van der Waals surface area (Å²) in [6.07, 6.45) is 9.15. The van der Waals surface area contributed by atoms with Crippen LogP contribution in [0.4, 0.5) is 0 Å². The van der Waals surface area contributed by atoms with Crippen molar-refractivity contribution in [1.82, 2.24) is 9.96 Å². The molecular weight excluding hydrogens is 432 g/mol. The number of ether oxygens (including phenoxy) is 3. The molecule has 7 heteroatoms. The van der Waals surface area contributed by atoms with E-state index in [2.05, 4.69) is 30.9 Å². The standard InChI is InChI=1S/C27H40N2O5/c1-3-10-29(34-11-4-2)26(30)18-28-17-21(20-8-9-24-25(13-20)33-19-32-24)15-27(28)16-22(27)14-23-7-5-6-12-31-23/h8-9,13,21-23H,3-7,10-12,14-19H2,1-2H3/t21?,22?,23?,27-/m0/s1. The fourth-order valence-electron chi connectivity index (χ4n) is 6.21. The van der Waals surface area contributed by atoms with Gasteiger partial charge in [-0.25, -0.2) is 5.06 Å². The summed E-state index contributed by atoms with van der Waals surface area (Å²) in [5.74, 6) is 2.73. The minimum atomic E-state index is 0.0839. The molecule has 4 atom stereocenters. The van der Waals surface area contributed by atoms with Crippen molar-refractivity contribution in [3.05, 3.63) is 23.8 Å². The molecule has 34 heavy (non-hydrogen) atoms. The van der Waals surface area contributed by atoms with E-state index in [4.69, 9.17) is 19.0 Å². The molecular formula is C27H40N2O5. The van der Waals surface area contributed by atoms with Crippen LogP contribution in [-0.2, 0) is 14.4 Å². The van der Waals surface area contributed by atoms with E-state index in [9.17, 15) is 4.79 Å². The maximum Gasteiger partial charge on any atom is 0.260 e. The Bertz CT molecular complexity index is 857. The maximum atomic E-state index is 13.3. The quantitative estimate of drug-likeness (QED) is 0.467. The van der Waals surface area contributed by atoms with Gasteiger partial charge in [0.05, 0.1) is 19.3 Å². The summed E-state index contributed by atoms with van der Waals surface area (Å²) in [4.78, 5) is 21.6. The highest BCUT2D eigenvalue weighted by Crippen LogP contribution is 2.60.